The van der Waals surface area contributed by atoms with E-state index in [1.54, 1.807) is 27.8 Å². The van der Waals surface area contributed by atoms with E-state index in [0.717, 1.165) is 6.54 Å². The van der Waals surface area contributed by atoms with Crippen LogP contribution < -0.4 is 0 Å². The molecule has 0 aromatic rings. The summed E-state index contributed by atoms with van der Waals surface area (Å²) in [7, 11) is 3.49. The minimum absolute atomic E-state index is 0.373. The molecule has 0 N–H and O–H groups in total. The summed E-state index contributed by atoms with van der Waals surface area (Å²) in [6.07, 6.45) is -0.811. The predicted octanol–water partition coefficient (Wildman–Crippen LogP) is 1.90. The van der Waals surface area contributed by atoms with Gasteiger partial charge in [0.15, 0.2) is 0 Å². The van der Waals surface area contributed by atoms with E-state index < -0.39 is 17.9 Å². The average Bonchev–Trinajstić information content (AvgIpc) is 2.14. The van der Waals surface area contributed by atoms with Crippen LogP contribution in [0.25, 0.3) is 0 Å². The molecule has 0 aromatic heterocycles. The number of hydrogen-bond acceptors (Lipinski definition) is 3. The molecule has 1 saturated heterocycles. The van der Waals surface area contributed by atoms with Gasteiger partial charge in [-0.2, -0.15) is 0 Å². The number of alkyl halides is 1. The van der Waals surface area contributed by atoms with E-state index in [-0.39, 0.29) is 6.04 Å². The number of carbonyl (C=O) groups excluding carboxylic acids is 1. The summed E-state index contributed by atoms with van der Waals surface area (Å²) in [6.45, 7) is 6.59. The molecule has 2 atom stereocenters. The summed E-state index contributed by atoms with van der Waals surface area (Å²) >= 11 is 0. The topological polar surface area (TPSA) is 32.8 Å². The van der Waals surface area contributed by atoms with Crippen molar-refractivity contribution in [2.75, 3.05) is 27.2 Å². The van der Waals surface area contributed by atoms with Crippen LogP contribution in [0.5, 0.6) is 0 Å². The van der Waals surface area contributed by atoms with Crippen LogP contribution in [-0.4, -0.2) is 60.9 Å². The van der Waals surface area contributed by atoms with Gasteiger partial charge >= 0.3 is 6.09 Å². The molecule has 1 rings (SSSR count). The fourth-order valence-electron chi connectivity index (χ4n) is 1.95. The number of hydrogen-bond donors (Lipinski definition) is 0. The minimum Gasteiger partial charge on any atom is -0.444 e. The number of carbonyl (C=O) groups is 1. The first-order valence-corrected chi connectivity index (χ1v) is 5.99. The number of nitrogens with zero attached hydrogens (tertiary/aromatic N) is 2. The highest BCUT2D eigenvalue weighted by Crippen LogP contribution is 2.20. The number of ether oxygens (including phenoxy) is 1. The highest BCUT2D eigenvalue weighted by Gasteiger charge is 2.34. The Kier molecular flexibility index (Phi) is 4.36. The third kappa shape index (κ3) is 4.15. The standard InChI is InChI=1S/C12H23FN2O2/c1-12(2,3)17-11(16)15(5)10-6-7-14(4)8-9(10)13/h9-10H,6-8H2,1-5H3. The maximum atomic E-state index is 13.9. The van der Waals surface area contributed by atoms with Crippen molar-refractivity contribution in [2.45, 2.75) is 45.0 Å². The van der Waals surface area contributed by atoms with Crippen LogP contribution in [0.2, 0.25) is 0 Å². The molecule has 0 spiro atoms. The van der Waals surface area contributed by atoms with E-state index in [4.69, 9.17) is 4.74 Å². The van der Waals surface area contributed by atoms with E-state index >= 15 is 0 Å². The molecule has 1 aliphatic heterocycles. The molecular formula is C12H23FN2O2. The molecule has 4 nitrogen and oxygen atoms in total. The van der Waals surface area contributed by atoms with Gasteiger partial charge in [-0.15, -0.1) is 0 Å². The summed E-state index contributed by atoms with van der Waals surface area (Å²) in [6, 6.07) is -0.374. The lowest BCUT2D eigenvalue weighted by atomic mass is 10.0. The number of halogens is 1. The van der Waals surface area contributed by atoms with Crippen molar-refractivity contribution in [3.63, 3.8) is 0 Å². The van der Waals surface area contributed by atoms with Crippen LogP contribution in [0.3, 0.4) is 0 Å². The van der Waals surface area contributed by atoms with Crippen molar-refractivity contribution in [2.24, 2.45) is 0 Å². The van der Waals surface area contributed by atoms with Crippen LogP contribution in [0.15, 0.2) is 0 Å². The summed E-state index contributed by atoms with van der Waals surface area (Å²) < 4.78 is 19.1. The van der Waals surface area contributed by atoms with Crippen molar-refractivity contribution < 1.29 is 13.9 Å². The summed E-state index contributed by atoms with van der Waals surface area (Å²) in [4.78, 5) is 15.1. The van der Waals surface area contributed by atoms with Crippen LogP contribution in [0.4, 0.5) is 9.18 Å². The molecule has 0 bridgehead atoms. The number of piperidine rings is 1. The van der Waals surface area contributed by atoms with Gasteiger partial charge in [0.1, 0.15) is 11.8 Å². The predicted molar refractivity (Wildman–Crippen MR) is 64.8 cm³/mol. The molecule has 1 aliphatic rings. The maximum absolute atomic E-state index is 13.9. The van der Waals surface area contributed by atoms with Crippen molar-refractivity contribution in [3.8, 4) is 0 Å². The lowest BCUT2D eigenvalue weighted by molar-refractivity contribution is 0.000465. The van der Waals surface area contributed by atoms with Crippen LogP contribution in [0, 0.1) is 0 Å². The molecule has 0 aliphatic carbocycles. The quantitative estimate of drug-likeness (QED) is 0.708. The molecule has 100 valence electrons. The summed E-state index contributed by atoms with van der Waals surface area (Å²) in [5.41, 5.74) is -0.539. The van der Waals surface area contributed by atoms with Crippen LogP contribution in [0.1, 0.15) is 27.2 Å². The zero-order valence-electron chi connectivity index (χ0n) is 11.4. The van der Waals surface area contributed by atoms with E-state index in [9.17, 15) is 9.18 Å². The van der Waals surface area contributed by atoms with E-state index in [1.807, 2.05) is 11.9 Å². The Morgan fingerprint density at radius 1 is 1.47 bits per heavy atom. The molecule has 1 heterocycles. The molecule has 1 amide bonds. The van der Waals surface area contributed by atoms with Gasteiger partial charge in [-0.1, -0.05) is 0 Å². The molecule has 0 radical (unpaired) electrons. The second kappa shape index (κ2) is 5.21. The molecule has 1 fully saturated rings. The fourth-order valence-corrected chi connectivity index (χ4v) is 1.95. The van der Waals surface area contributed by atoms with Gasteiger partial charge in [0.05, 0.1) is 6.04 Å². The number of likely N-dealkylation sites (tertiary alicyclic amines) is 1. The van der Waals surface area contributed by atoms with Crippen molar-refractivity contribution in [3.05, 3.63) is 0 Å². The third-order valence-corrected chi connectivity index (χ3v) is 2.89. The lowest BCUT2D eigenvalue weighted by Gasteiger charge is -2.38. The SMILES string of the molecule is CN1CCC(N(C)C(=O)OC(C)(C)C)C(F)C1. The smallest absolute Gasteiger partial charge is 0.410 e. The average molecular weight is 246 g/mol. The minimum atomic E-state index is -1.01. The van der Waals surface area contributed by atoms with Crippen molar-refractivity contribution in [1.29, 1.82) is 0 Å². The van der Waals surface area contributed by atoms with Crippen LogP contribution >= 0.6 is 0 Å². The molecule has 0 aromatic carbocycles. The monoisotopic (exact) mass is 246 g/mol. The Morgan fingerprint density at radius 2 is 2.06 bits per heavy atom. The molecule has 2 unspecified atom stereocenters. The maximum Gasteiger partial charge on any atom is 0.410 e. The highest BCUT2D eigenvalue weighted by atomic mass is 19.1. The summed E-state index contributed by atoms with van der Waals surface area (Å²) in [5.74, 6) is 0. The third-order valence-electron chi connectivity index (χ3n) is 2.89. The number of rotatable bonds is 1. The normalized spacial score (nSPS) is 26.7. The highest BCUT2D eigenvalue weighted by molar-refractivity contribution is 5.68. The second-order valence-corrected chi connectivity index (χ2v) is 5.73. The van der Waals surface area contributed by atoms with Gasteiger partial charge in [0.2, 0.25) is 0 Å². The first-order valence-electron chi connectivity index (χ1n) is 5.99. The van der Waals surface area contributed by atoms with Gasteiger partial charge in [-0.25, -0.2) is 9.18 Å². The zero-order chi connectivity index (χ0) is 13.2. The Morgan fingerprint density at radius 3 is 2.53 bits per heavy atom. The number of amides is 1. The van der Waals surface area contributed by atoms with Gasteiger partial charge < -0.3 is 14.5 Å². The first kappa shape index (κ1) is 14.2. The Bertz CT molecular complexity index is 278. The first-order chi connectivity index (χ1) is 7.70. The molecule has 0 saturated carbocycles. The van der Waals surface area contributed by atoms with E-state index in [1.165, 1.54) is 4.90 Å². The largest absolute Gasteiger partial charge is 0.444 e. The Balaban J connectivity index is 2.57. The fraction of sp³-hybridized carbons (Fsp3) is 0.917. The molecule has 17 heavy (non-hydrogen) atoms. The molecular weight excluding hydrogens is 223 g/mol. The van der Waals surface area contributed by atoms with E-state index in [2.05, 4.69) is 0 Å². The van der Waals surface area contributed by atoms with Gasteiger partial charge in [-0.3, -0.25) is 0 Å². The van der Waals surface area contributed by atoms with Gasteiger partial charge in [-0.05, 0) is 34.2 Å². The zero-order valence-corrected chi connectivity index (χ0v) is 11.4. The van der Waals surface area contributed by atoms with Gasteiger partial charge in [0, 0.05) is 20.1 Å². The Labute approximate surface area is 103 Å². The second-order valence-electron chi connectivity index (χ2n) is 5.73. The summed E-state index contributed by atoms with van der Waals surface area (Å²) in [5, 5.41) is 0. The van der Waals surface area contributed by atoms with Gasteiger partial charge in [0.25, 0.3) is 0 Å². The van der Waals surface area contributed by atoms with E-state index in [0.29, 0.717) is 13.0 Å². The lowest BCUT2D eigenvalue weighted by Crippen LogP contribution is -2.52. The van der Waals surface area contributed by atoms with Crippen molar-refractivity contribution in [1.82, 2.24) is 9.80 Å². The van der Waals surface area contributed by atoms with Crippen molar-refractivity contribution >= 4 is 6.09 Å². The molecule has 5 heteroatoms. The Hall–Kier alpha value is -0.840. The van der Waals surface area contributed by atoms with Crippen LogP contribution in [-0.2, 0) is 4.74 Å².